The molecule has 23 heavy (non-hydrogen) atoms. The van der Waals surface area contributed by atoms with Crippen molar-refractivity contribution in [3.8, 4) is 5.75 Å². The molecule has 0 bridgehead atoms. The predicted molar refractivity (Wildman–Crippen MR) is 89.3 cm³/mol. The molecule has 1 N–H and O–H groups in total. The summed E-state index contributed by atoms with van der Waals surface area (Å²) in [6, 6.07) is 23.4. The molecule has 0 aliphatic rings. The molecular formula is C18H14N4O. The molecule has 0 aliphatic carbocycles. The Morgan fingerprint density at radius 2 is 0.957 bits per heavy atom. The number of rotatable bonds is 4. The van der Waals surface area contributed by atoms with Crippen LogP contribution >= 0.6 is 0 Å². The molecule has 0 aromatic heterocycles. The zero-order valence-electron chi connectivity index (χ0n) is 12.2. The largest absolute Gasteiger partial charge is 0.508 e. The van der Waals surface area contributed by atoms with E-state index >= 15 is 0 Å². The van der Waals surface area contributed by atoms with Crippen LogP contribution in [0.5, 0.6) is 5.75 Å². The second-order valence-electron chi connectivity index (χ2n) is 4.77. The first kappa shape index (κ1) is 14.6. The number of benzene rings is 3. The van der Waals surface area contributed by atoms with Crippen molar-refractivity contribution < 1.29 is 5.11 Å². The summed E-state index contributed by atoms with van der Waals surface area (Å²) in [7, 11) is 0. The molecular weight excluding hydrogens is 288 g/mol. The lowest BCUT2D eigenvalue weighted by molar-refractivity contribution is 0.475. The lowest BCUT2D eigenvalue weighted by Crippen LogP contribution is -1.67. The maximum Gasteiger partial charge on any atom is 0.115 e. The van der Waals surface area contributed by atoms with Crippen molar-refractivity contribution in [1.29, 1.82) is 0 Å². The van der Waals surface area contributed by atoms with Gasteiger partial charge in [0.15, 0.2) is 0 Å². The summed E-state index contributed by atoms with van der Waals surface area (Å²) in [6.07, 6.45) is 0. The van der Waals surface area contributed by atoms with Crippen LogP contribution < -0.4 is 0 Å². The van der Waals surface area contributed by atoms with E-state index in [9.17, 15) is 5.11 Å². The van der Waals surface area contributed by atoms with Crippen molar-refractivity contribution in [3.05, 3.63) is 78.9 Å². The van der Waals surface area contributed by atoms with E-state index in [1.165, 1.54) is 0 Å². The van der Waals surface area contributed by atoms with Crippen LogP contribution in [0.4, 0.5) is 22.7 Å². The van der Waals surface area contributed by atoms with Gasteiger partial charge >= 0.3 is 0 Å². The molecule has 3 aromatic rings. The van der Waals surface area contributed by atoms with E-state index in [0.717, 1.165) is 5.69 Å². The van der Waals surface area contributed by atoms with Crippen LogP contribution in [0.3, 0.4) is 0 Å². The summed E-state index contributed by atoms with van der Waals surface area (Å²) in [6.45, 7) is 0. The SMILES string of the molecule is Oc1ccc(N=Nc2cccc(N=Nc3ccccc3)c2)cc1. The standard InChI is InChI=1S/C18H14N4O/c23-18-11-9-15(10-12-18)20-22-17-8-4-7-16(13-17)21-19-14-5-2-1-3-6-14/h1-13,23H. The van der Waals surface area contributed by atoms with Gasteiger partial charge in [-0.15, -0.1) is 0 Å². The van der Waals surface area contributed by atoms with Gasteiger partial charge in [0, 0.05) is 0 Å². The highest BCUT2D eigenvalue weighted by molar-refractivity contribution is 5.50. The van der Waals surface area contributed by atoms with Crippen molar-refractivity contribution in [2.24, 2.45) is 20.5 Å². The van der Waals surface area contributed by atoms with E-state index in [2.05, 4.69) is 20.5 Å². The van der Waals surface area contributed by atoms with Crippen molar-refractivity contribution in [1.82, 2.24) is 0 Å². The Morgan fingerprint density at radius 3 is 1.57 bits per heavy atom. The minimum Gasteiger partial charge on any atom is -0.508 e. The second-order valence-corrected chi connectivity index (χ2v) is 4.77. The van der Waals surface area contributed by atoms with E-state index in [4.69, 9.17) is 0 Å². The Kier molecular flexibility index (Phi) is 4.49. The summed E-state index contributed by atoms with van der Waals surface area (Å²) in [5.41, 5.74) is 2.85. The number of hydrogen-bond acceptors (Lipinski definition) is 5. The van der Waals surface area contributed by atoms with Gasteiger partial charge in [-0.1, -0.05) is 24.3 Å². The molecule has 5 nitrogen and oxygen atoms in total. The maximum atomic E-state index is 9.24. The zero-order valence-corrected chi connectivity index (χ0v) is 12.2. The summed E-state index contributed by atoms with van der Waals surface area (Å²) < 4.78 is 0. The van der Waals surface area contributed by atoms with Crippen LogP contribution in [0.25, 0.3) is 0 Å². The number of nitrogens with zero attached hydrogens (tertiary/aromatic N) is 4. The van der Waals surface area contributed by atoms with E-state index < -0.39 is 0 Å². The molecule has 112 valence electrons. The number of hydrogen-bond donors (Lipinski definition) is 1. The zero-order chi connectivity index (χ0) is 15.9. The highest BCUT2D eigenvalue weighted by atomic mass is 16.3. The van der Waals surface area contributed by atoms with E-state index in [-0.39, 0.29) is 5.75 Å². The maximum absolute atomic E-state index is 9.24. The van der Waals surface area contributed by atoms with Gasteiger partial charge in [0.05, 0.1) is 22.7 Å². The van der Waals surface area contributed by atoms with Gasteiger partial charge in [-0.2, -0.15) is 20.5 Å². The first-order chi connectivity index (χ1) is 11.3. The van der Waals surface area contributed by atoms with Gasteiger partial charge < -0.3 is 5.11 Å². The smallest absolute Gasteiger partial charge is 0.115 e. The van der Waals surface area contributed by atoms with Gasteiger partial charge in [-0.3, -0.25) is 0 Å². The fourth-order valence-electron chi connectivity index (χ4n) is 1.86. The molecule has 0 saturated heterocycles. The van der Waals surface area contributed by atoms with Gasteiger partial charge in [0.1, 0.15) is 5.75 Å². The van der Waals surface area contributed by atoms with Gasteiger partial charge in [-0.05, 0) is 54.6 Å². The van der Waals surface area contributed by atoms with Gasteiger partial charge in [0.2, 0.25) is 0 Å². The fraction of sp³-hybridized carbons (Fsp3) is 0. The summed E-state index contributed by atoms with van der Waals surface area (Å²) in [5, 5.41) is 25.9. The lowest BCUT2D eigenvalue weighted by Gasteiger charge is -1.96. The van der Waals surface area contributed by atoms with Crippen LogP contribution in [0.1, 0.15) is 0 Å². The van der Waals surface area contributed by atoms with Crippen molar-refractivity contribution in [2.75, 3.05) is 0 Å². The van der Waals surface area contributed by atoms with Crippen LogP contribution in [-0.2, 0) is 0 Å². The highest BCUT2D eigenvalue weighted by Crippen LogP contribution is 2.25. The van der Waals surface area contributed by atoms with Crippen molar-refractivity contribution in [3.63, 3.8) is 0 Å². The van der Waals surface area contributed by atoms with Gasteiger partial charge in [0.25, 0.3) is 0 Å². The number of phenolic OH excluding ortho intramolecular Hbond substituents is 1. The van der Waals surface area contributed by atoms with Crippen LogP contribution in [0, 0.1) is 0 Å². The number of azo groups is 2. The molecule has 3 aromatic carbocycles. The molecule has 0 unspecified atom stereocenters. The third kappa shape index (κ3) is 4.31. The van der Waals surface area contributed by atoms with E-state index in [1.54, 1.807) is 30.3 Å². The number of phenols is 1. The topological polar surface area (TPSA) is 69.7 Å². The van der Waals surface area contributed by atoms with E-state index in [0.29, 0.717) is 17.1 Å². The third-order valence-corrected chi connectivity index (χ3v) is 3.00. The summed E-state index contributed by atoms with van der Waals surface area (Å²) >= 11 is 0. The van der Waals surface area contributed by atoms with E-state index in [1.807, 2.05) is 48.5 Å². The second kappa shape index (κ2) is 7.09. The summed E-state index contributed by atoms with van der Waals surface area (Å²) in [4.78, 5) is 0. The fourth-order valence-corrected chi connectivity index (χ4v) is 1.86. The van der Waals surface area contributed by atoms with Crippen LogP contribution in [0.15, 0.2) is 99.3 Å². The first-order valence-electron chi connectivity index (χ1n) is 7.07. The molecule has 0 atom stereocenters. The molecule has 0 heterocycles. The predicted octanol–water partition coefficient (Wildman–Crippen LogP) is 6.22. The highest BCUT2D eigenvalue weighted by Gasteiger charge is 1.95. The first-order valence-corrected chi connectivity index (χ1v) is 7.07. The quantitative estimate of drug-likeness (QED) is 0.571. The minimum atomic E-state index is 0.201. The average molecular weight is 302 g/mol. The Bertz CT molecular complexity index is 827. The molecule has 0 aliphatic heterocycles. The number of aromatic hydroxyl groups is 1. The summed E-state index contributed by atoms with van der Waals surface area (Å²) in [5.74, 6) is 0.201. The monoisotopic (exact) mass is 302 g/mol. The Morgan fingerprint density at radius 1 is 0.478 bits per heavy atom. The lowest BCUT2D eigenvalue weighted by atomic mass is 10.3. The Hall–Kier alpha value is -3.34. The molecule has 0 spiro atoms. The molecule has 0 saturated carbocycles. The average Bonchev–Trinajstić information content (AvgIpc) is 2.61. The third-order valence-electron chi connectivity index (χ3n) is 3.00. The normalized spacial score (nSPS) is 11.3. The Balaban J connectivity index is 1.74. The molecule has 0 fully saturated rings. The molecule has 0 radical (unpaired) electrons. The molecule has 3 rings (SSSR count). The van der Waals surface area contributed by atoms with Crippen molar-refractivity contribution in [2.45, 2.75) is 0 Å². The minimum absolute atomic E-state index is 0.201. The Labute approximate surface area is 133 Å². The van der Waals surface area contributed by atoms with Crippen molar-refractivity contribution >= 4 is 22.7 Å². The van der Waals surface area contributed by atoms with Crippen LogP contribution in [-0.4, -0.2) is 5.11 Å². The van der Waals surface area contributed by atoms with Gasteiger partial charge in [-0.25, -0.2) is 0 Å². The molecule has 0 amide bonds. The molecule has 5 heteroatoms. The van der Waals surface area contributed by atoms with Crippen LogP contribution in [0.2, 0.25) is 0 Å².